The van der Waals surface area contributed by atoms with E-state index in [-0.39, 0.29) is 17.5 Å². The highest BCUT2D eigenvalue weighted by Crippen LogP contribution is 2.28. The van der Waals surface area contributed by atoms with Crippen molar-refractivity contribution in [1.82, 2.24) is 10.3 Å². The maximum Gasteiger partial charge on any atom is 0.152 e. The SMILES string of the molecule is CCNCc1cnc(N(C)C2CCS(=O)(=O)C2)c(Cl)c1. The van der Waals surface area contributed by atoms with Crippen LogP contribution in [-0.4, -0.2) is 44.5 Å². The van der Waals surface area contributed by atoms with E-state index in [0.717, 1.165) is 18.7 Å². The molecule has 1 N–H and O–H groups in total. The second-order valence-electron chi connectivity index (χ2n) is 5.10. The zero-order valence-corrected chi connectivity index (χ0v) is 13.3. The number of nitrogens with one attached hydrogen (secondary N) is 1. The zero-order valence-electron chi connectivity index (χ0n) is 11.8. The van der Waals surface area contributed by atoms with Gasteiger partial charge in [-0.1, -0.05) is 18.5 Å². The molecule has 1 aromatic heterocycles. The summed E-state index contributed by atoms with van der Waals surface area (Å²) in [4.78, 5) is 6.26. The van der Waals surface area contributed by atoms with Crippen molar-refractivity contribution >= 4 is 27.3 Å². The first-order chi connectivity index (χ1) is 9.43. The summed E-state index contributed by atoms with van der Waals surface area (Å²) in [6.07, 6.45) is 2.42. The molecule has 0 aromatic carbocycles. The highest BCUT2D eigenvalue weighted by atomic mass is 35.5. The van der Waals surface area contributed by atoms with Crippen molar-refractivity contribution in [1.29, 1.82) is 0 Å². The van der Waals surface area contributed by atoms with Gasteiger partial charge < -0.3 is 10.2 Å². The van der Waals surface area contributed by atoms with Crippen LogP contribution < -0.4 is 10.2 Å². The fourth-order valence-corrected chi connectivity index (χ4v) is 4.45. The van der Waals surface area contributed by atoms with E-state index >= 15 is 0 Å². The van der Waals surface area contributed by atoms with Gasteiger partial charge in [-0.05, 0) is 24.6 Å². The molecular weight excluding hydrogens is 298 g/mol. The van der Waals surface area contributed by atoms with Crippen LogP contribution in [0, 0.1) is 0 Å². The Kier molecular flexibility index (Phi) is 4.88. The van der Waals surface area contributed by atoms with Gasteiger partial charge in [-0.15, -0.1) is 0 Å². The van der Waals surface area contributed by atoms with Gasteiger partial charge in [-0.3, -0.25) is 0 Å². The molecule has 1 saturated heterocycles. The molecule has 1 aliphatic heterocycles. The Morgan fingerprint density at radius 2 is 2.30 bits per heavy atom. The largest absolute Gasteiger partial charge is 0.354 e. The molecule has 112 valence electrons. The fourth-order valence-electron chi connectivity index (χ4n) is 2.35. The number of sulfone groups is 1. The summed E-state index contributed by atoms with van der Waals surface area (Å²) < 4.78 is 23.1. The number of halogens is 1. The van der Waals surface area contributed by atoms with E-state index in [9.17, 15) is 8.42 Å². The lowest BCUT2D eigenvalue weighted by molar-refractivity contribution is 0.600. The van der Waals surface area contributed by atoms with Crippen molar-refractivity contribution in [3.05, 3.63) is 22.8 Å². The molecule has 0 spiro atoms. The van der Waals surface area contributed by atoms with E-state index < -0.39 is 9.84 Å². The normalized spacial score (nSPS) is 21.1. The summed E-state index contributed by atoms with van der Waals surface area (Å²) >= 11 is 6.27. The van der Waals surface area contributed by atoms with Gasteiger partial charge in [0.1, 0.15) is 5.82 Å². The van der Waals surface area contributed by atoms with Gasteiger partial charge in [0.2, 0.25) is 0 Å². The molecule has 0 bridgehead atoms. The number of pyridine rings is 1. The fraction of sp³-hybridized carbons (Fsp3) is 0.615. The molecule has 1 aliphatic rings. The Hall–Kier alpha value is -0.850. The molecule has 1 atom stereocenters. The zero-order chi connectivity index (χ0) is 14.8. The summed E-state index contributed by atoms with van der Waals surface area (Å²) in [5, 5.41) is 3.78. The summed E-state index contributed by atoms with van der Waals surface area (Å²) in [5.41, 5.74) is 1.02. The van der Waals surface area contributed by atoms with Crippen molar-refractivity contribution in [2.24, 2.45) is 0 Å². The van der Waals surface area contributed by atoms with Gasteiger partial charge in [0, 0.05) is 25.8 Å². The molecule has 2 rings (SSSR count). The molecule has 0 radical (unpaired) electrons. The molecular formula is C13H20ClN3O2S. The van der Waals surface area contributed by atoms with Crippen LogP contribution in [0.4, 0.5) is 5.82 Å². The quantitative estimate of drug-likeness (QED) is 0.891. The summed E-state index contributed by atoms with van der Waals surface area (Å²) in [5.74, 6) is 1.08. The Morgan fingerprint density at radius 1 is 1.55 bits per heavy atom. The average molecular weight is 318 g/mol. The van der Waals surface area contributed by atoms with Crippen LogP contribution in [0.5, 0.6) is 0 Å². The molecule has 7 heteroatoms. The van der Waals surface area contributed by atoms with E-state index in [1.54, 1.807) is 6.20 Å². The van der Waals surface area contributed by atoms with Gasteiger partial charge in [-0.2, -0.15) is 0 Å². The maximum atomic E-state index is 11.5. The van der Waals surface area contributed by atoms with E-state index in [0.29, 0.717) is 17.3 Å². The molecule has 5 nitrogen and oxygen atoms in total. The smallest absolute Gasteiger partial charge is 0.152 e. The first-order valence-corrected chi connectivity index (χ1v) is 8.91. The second-order valence-corrected chi connectivity index (χ2v) is 7.73. The number of hydrogen-bond acceptors (Lipinski definition) is 5. The molecule has 0 aliphatic carbocycles. The average Bonchev–Trinajstić information content (AvgIpc) is 2.76. The van der Waals surface area contributed by atoms with Crippen LogP contribution in [-0.2, 0) is 16.4 Å². The monoisotopic (exact) mass is 317 g/mol. The molecule has 1 fully saturated rings. The van der Waals surface area contributed by atoms with Crippen molar-refractivity contribution in [3.8, 4) is 0 Å². The first kappa shape index (κ1) is 15.5. The van der Waals surface area contributed by atoms with Gasteiger partial charge in [0.05, 0.1) is 16.5 Å². The summed E-state index contributed by atoms with van der Waals surface area (Å²) in [7, 11) is -1.05. The Labute approximate surface area is 125 Å². The molecule has 1 aromatic rings. The predicted molar refractivity (Wildman–Crippen MR) is 82.1 cm³/mol. The number of anilines is 1. The lowest BCUT2D eigenvalue weighted by Crippen LogP contribution is -2.33. The van der Waals surface area contributed by atoms with Crippen molar-refractivity contribution in [2.45, 2.75) is 25.9 Å². The summed E-state index contributed by atoms with van der Waals surface area (Å²) in [6, 6.07) is 1.84. The van der Waals surface area contributed by atoms with Crippen LogP contribution in [0.15, 0.2) is 12.3 Å². The Morgan fingerprint density at radius 3 is 2.85 bits per heavy atom. The predicted octanol–water partition coefficient (Wildman–Crippen LogP) is 1.47. The van der Waals surface area contributed by atoms with Crippen LogP contribution >= 0.6 is 11.6 Å². The van der Waals surface area contributed by atoms with Crippen LogP contribution in [0.3, 0.4) is 0 Å². The van der Waals surface area contributed by atoms with E-state index in [4.69, 9.17) is 11.6 Å². The minimum atomic E-state index is -2.90. The minimum Gasteiger partial charge on any atom is -0.354 e. The first-order valence-electron chi connectivity index (χ1n) is 6.71. The Bertz CT molecular complexity index is 577. The number of aromatic nitrogens is 1. The van der Waals surface area contributed by atoms with Crippen molar-refractivity contribution < 1.29 is 8.42 Å². The minimum absolute atomic E-state index is 0.0374. The third kappa shape index (κ3) is 3.62. The van der Waals surface area contributed by atoms with Crippen LogP contribution in [0.2, 0.25) is 5.02 Å². The third-order valence-corrected chi connectivity index (χ3v) is 5.58. The lowest BCUT2D eigenvalue weighted by Gasteiger charge is -2.25. The lowest BCUT2D eigenvalue weighted by atomic mass is 10.2. The molecule has 20 heavy (non-hydrogen) atoms. The molecule has 2 heterocycles. The van der Waals surface area contributed by atoms with Crippen molar-refractivity contribution in [2.75, 3.05) is 30.0 Å². The highest BCUT2D eigenvalue weighted by Gasteiger charge is 2.31. The van der Waals surface area contributed by atoms with Gasteiger partial charge >= 0.3 is 0 Å². The Balaban J connectivity index is 2.12. The van der Waals surface area contributed by atoms with Gasteiger partial charge in [0.25, 0.3) is 0 Å². The van der Waals surface area contributed by atoms with Gasteiger partial charge in [-0.25, -0.2) is 13.4 Å². The maximum absolute atomic E-state index is 11.5. The van der Waals surface area contributed by atoms with Crippen molar-refractivity contribution in [3.63, 3.8) is 0 Å². The highest BCUT2D eigenvalue weighted by molar-refractivity contribution is 7.91. The van der Waals surface area contributed by atoms with E-state index in [1.807, 2.05) is 24.9 Å². The molecule has 0 amide bonds. The number of nitrogens with zero attached hydrogens (tertiary/aromatic N) is 2. The standard InChI is InChI=1S/C13H20ClN3O2S/c1-3-15-7-10-6-12(14)13(16-8-10)17(2)11-4-5-20(18,19)9-11/h6,8,11,15H,3-5,7,9H2,1-2H3. The number of hydrogen-bond donors (Lipinski definition) is 1. The number of rotatable bonds is 5. The van der Waals surface area contributed by atoms with Crippen LogP contribution in [0.1, 0.15) is 18.9 Å². The third-order valence-electron chi connectivity index (χ3n) is 3.55. The second kappa shape index (κ2) is 6.28. The summed E-state index contributed by atoms with van der Waals surface area (Å²) in [6.45, 7) is 3.65. The van der Waals surface area contributed by atoms with Gasteiger partial charge in [0.15, 0.2) is 9.84 Å². The molecule has 0 saturated carbocycles. The topological polar surface area (TPSA) is 62.3 Å². The van der Waals surface area contributed by atoms with Crippen LogP contribution in [0.25, 0.3) is 0 Å². The van der Waals surface area contributed by atoms with E-state index in [2.05, 4.69) is 10.3 Å². The molecule has 1 unspecified atom stereocenters. The van der Waals surface area contributed by atoms with E-state index in [1.165, 1.54) is 0 Å².